The maximum atomic E-state index is 4.46. The van der Waals surface area contributed by atoms with Crippen molar-refractivity contribution in [2.24, 2.45) is 0 Å². The topological polar surface area (TPSA) is 50.1 Å². The van der Waals surface area contributed by atoms with Crippen molar-refractivity contribution in [2.75, 3.05) is 32.7 Å². The fraction of sp³-hybridized carbons (Fsp3) is 0.400. The van der Waals surface area contributed by atoms with Crippen molar-refractivity contribution in [3.8, 4) is 0 Å². The van der Waals surface area contributed by atoms with Crippen LogP contribution in [0.25, 0.3) is 6.08 Å². The smallest absolute Gasteiger partial charge is 0.173 e. The number of hydrogen-bond acceptors (Lipinski definition) is 5. The Labute approximate surface area is 185 Å². The molecule has 31 heavy (non-hydrogen) atoms. The number of aryl methyl sites for hydroxylation is 1. The van der Waals surface area contributed by atoms with Gasteiger partial charge in [-0.2, -0.15) is 0 Å². The molecule has 1 unspecified atom stereocenters. The molecule has 1 atom stereocenters. The number of tetrazole rings is 1. The van der Waals surface area contributed by atoms with Crippen molar-refractivity contribution in [1.29, 1.82) is 0 Å². The maximum Gasteiger partial charge on any atom is 0.173 e. The fourth-order valence-corrected chi connectivity index (χ4v) is 4.14. The van der Waals surface area contributed by atoms with Crippen molar-refractivity contribution in [3.05, 3.63) is 83.7 Å². The van der Waals surface area contributed by atoms with Crippen LogP contribution in [0.4, 0.5) is 0 Å². The second-order valence-corrected chi connectivity index (χ2v) is 8.08. The summed E-state index contributed by atoms with van der Waals surface area (Å²) in [5.74, 6) is 0.956. The van der Waals surface area contributed by atoms with Gasteiger partial charge in [0.05, 0.1) is 6.04 Å². The molecule has 0 bridgehead atoms. The van der Waals surface area contributed by atoms with E-state index in [1.165, 1.54) is 11.1 Å². The summed E-state index contributed by atoms with van der Waals surface area (Å²) in [6.07, 6.45) is 6.69. The van der Waals surface area contributed by atoms with Crippen LogP contribution in [0.3, 0.4) is 0 Å². The molecule has 162 valence electrons. The molecule has 0 radical (unpaired) electrons. The average molecular weight is 417 g/mol. The number of aromatic nitrogens is 4. The first-order chi connectivity index (χ1) is 15.3. The maximum absolute atomic E-state index is 4.46. The van der Waals surface area contributed by atoms with Crippen molar-refractivity contribution >= 4 is 6.08 Å². The van der Waals surface area contributed by atoms with Gasteiger partial charge in [0.1, 0.15) is 0 Å². The van der Waals surface area contributed by atoms with Gasteiger partial charge in [0, 0.05) is 39.3 Å². The highest BCUT2D eigenvalue weighted by Gasteiger charge is 2.30. The zero-order valence-electron chi connectivity index (χ0n) is 18.3. The Bertz CT molecular complexity index is 929. The van der Waals surface area contributed by atoms with Gasteiger partial charge < -0.3 is 0 Å². The highest BCUT2D eigenvalue weighted by Crippen LogP contribution is 2.28. The predicted octanol–water partition coefficient (Wildman–Crippen LogP) is 3.89. The zero-order chi connectivity index (χ0) is 21.3. The monoisotopic (exact) mass is 416 g/mol. The lowest BCUT2D eigenvalue weighted by Crippen LogP contribution is -2.48. The summed E-state index contributed by atoms with van der Waals surface area (Å²) in [6.45, 7) is 8.13. The number of hydrogen-bond donors (Lipinski definition) is 0. The Morgan fingerprint density at radius 2 is 1.65 bits per heavy atom. The number of piperazine rings is 1. The SMILES string of the molecule is CCCCn1nnnc1C(c1ccccc1)N1CCN(C/C=C/c2ccccc2)CC1. The van der Waals surface area contributed by atoms with E-state index in [0.717, 1.165) is 57.9 Å². The van der Waals surface area contributed by atoms with E-state index >= 15 is 0 Å². The first-order valence-electron chi connectivity index (χ1n) is 11.3. The van der Waals surface area contributed by atoms with E-state index in [1.54, 1.807) is 0 Å². The van der Waals surface area contributed by atoms with E-state index in [1.807, 2.05) is 4.68 Å². The van der Waals surface area contributed by atoms with Crippen molar-refractivity contribution in [1.82, 2.24) is 30.0 Å². The Morgan fingerprint density at radius 3 is 2.35 bits per heavy atom. The first-order valence-corrected chi connectivity index (χ1v) is 11.3. The second-order valence-electron chi connectivity index (χ2n) is 8.08. The lowest BCUT2D eigenvalue weighted by atomic mass is 10.0. The summed E-state index contributed by atoms with van der Waals surface area (Å²) in [4.78, 5) is 5.04. The van der Waals surface area contributed by atoms with Crippen LogP contribution in [-0.4, -0.2) is 62.7 Å². The molecule has 0 spiro atoms. The van der Waals surface area contributed by atoms with Gasteiger partial charge in [0.15, 0.2) is 5.82 Å². The van der Waals surface area contributed by atoms with Crippen LogP contribution in [0.2, 0.25) is 0 Å². The van der Waals surface area contributed by atoms with E-state index in [-0.39, 0.29) is 6.04 Å². The van der Waals surface area contributed by atoms with E-state index in [2.05, 4.69) is 105 Å². The predicted molar refractivity (Wildman–Crippen MR) is 124 cm³/mol. The standard InChI is InChI=1S/C25H32N6/c1-2-3-17-31-25(26-27-28-31)24(23-14-8-5-9-15-23)30-20-18-29(19-21-30)16-10-13-22-11-6-4-7-12-22/h4-15,24H,2-3,16-21H2,1H3/b13-10+. The molecule has 4 rings (SSSR count). The van der Waals surface area contributed by atoms with Crippen LogP contribution in [-0.2, 0) is 6.54 Å². The van der Waals surface area contributed by atoms with Gasteiger partial charge in [-0.15, -0.1) is 5.10 Å². The van der Waals surface area contributed by atoms with Gasteiger partial charge >= 0.3 is 0 Å². The van der Waals surface area contributed by atoms with Crippen molar-refractivity contribution in [2.45, 2.75) is 32.4 Å². The van der Waals surface area contributed by atoms with E-state index < -0.39 is 0 Å². The average Bonchev–Trinajstić information content (AvgIpc) is 3.28. The molecule has 6 heteroatoms. The number of benzene rings is 2. The number of nitrogens with zero attached hydrogens (tertiary/aromatic N) is 6. The third kappa shape index (κ3) is 5.66. The minimum atomic E-state index is 0.0927. The zero-order valence-corrected chi connectivity index (χ0v) is 18.3. The fourth-order valence-electron chi connectivity index (χ4n) is 4.14. The highest BCUT2D eigenvalue weighted by atomic mass is 15.6. The molecule has 0 amide bonds. The second kappa shape index (κ2) is 11.0. The van der Waals surface area contributed by atoms with Gasteiger partial charge in [-0.1, -0.05) is 86.2 Å². The molecule has 1 aromatic heterocycles. The summed E-state index contributed by atoms with van der Waals surface area (Å²) in [6, 6.07) is 21.2. The lowest BCUT2D eigenvalue weighted by molar-refractivity contribution is 0.112. The molecule has 2 aromatic carbocycles. The molecule has 1 saturated heterocycles. The minimum Gasteiger partial charge on any atom is -0.297 e. The Kier molecular flexibility index (Phi) is 7.58. The normalized spacial score (nSPS) is 16.7. The summed E-state index contributed by atoms with van der Waals surface area (Å²) in [7, 11) is 0. The van der Waals surface area contributed by atoms with Crippen LogP contribution >= 0.6 is 0 Å². The van der Waals surface area contributed by atoms with Gasteiger partial charge in [-0.05, 0) is 28.0 Å². The molecule has 0 aliphatic carbocycles. The van der Waals surface area contributed by atoms with E-state index in [9.17, 15) is 0 Å². The van der Waals surface area contributed by atoms with Crippen molar-refractivity contribution in [3.63, 3.8) is 0 Å². The van der Waals surface area contributed by atoms with Gasteiger partial charge in [0.25, 0.3) is 0 Å². The molecular formula is C25H32N6. The lowest BCUT2D eigenvalue weighted by Gasteiger charge is -2.38. The Morgan fingerprint density at radius 1 is 0.935 bits per heavy atom. The van der Waals surface area contributed by atoms with Gasteiger partial charge in [-0.3, -0.25) is 9.80 Å². The molecule has 0 N–H and O–H groups in total. The van der Waals surface area contributed by atoms with Gasteiger partial charge in [0.2, 0.25) is 0 Å². The third-order valence-electron chi connectivity index (χ3n) is 5.89. The van der Waals surface area contributed by atoms with E-state index in [4.69, 9.17) is 0 Å². The molecule has 1 fully saturated rings. The minimum absolute atomic E-state index is 0.0927. The summed E-state index contributed by atoms with van der Waals surface area (Å²) in [5, 5.41) is 12.8. The Balaban J connectivity index is 1.43. The molecule has 3 aromatic rings. The van der Waals surface area contributed by atoms with Crippen LogP contribution in [0, 0.1) is 0 Å². The molecular weight excluding hydrogens is 384 g/mol. The molecule has 1 aliphatic rings. The van der Waals surface area contributed by atoms with Crippen LogP contribution in [0.15, 0.2) is 66.7 Å². The number of unbranched alkanes of at least 4 members (excludes halogenated alkanes) is 1. The Hall–Kier alpha value is -2.83. The van der Waals surface area contributed by atoms with Gasteiger partial charge in [-0.25, -0.2) is 4.68 Å². The molecule has 6 nitrogen and oxygen atoms in total. The largest absolute Gasteiger partial charge is 0.297 e. The summed E-state index contributed by atoms with van der Waals surface area (Å²) in [5.41, 5.74) is 2.51. The molecule has 2 heterocycles. The quantitative estimate of drug-likeness (QED) is 0.530. The first kappa shape index (κ1) is 21.4. The van der Waals surface area contributed by atoms with Crippen LogP contribution in [0.1, 0.15) is 42.8 Å². The molecule has 1 aliphatic heterocycles. The third-order valence-corrected chi connectivity index (χ3v) is 5.89. The van der Waals surface area contributed by atoms with Crippen LogP contribution < -0.4 is 0 Å². The van der Waals surface area contributed by atoms with Crippen LogP contribution in [0.5, 0.6) is 0 Å². The number of rotatable bonds is 9. The summed E-state index contributed by atoms with van der Waals surface area (Å²) < 4.78 is 2.00. The van der Waals surface area contributed by atoms with E-state index in [0.29, 0.717) is 0 Å². The summed E-state index contributed by atoms with van der Waals surface area (Å²) >= 11 is 0. The molecule has 0 saturated carbocycles. The van der Waals surface area contributed by atoms with Crippen molar-refractivity contribution < 1.29 is 0 Å². The highest BCUT2D eigenvalue weighted by molar-refractivity contribution is 5.48.